The summed E-state index contributed by atoms with van der Waals surface area (Å²) in [6.07, 6.45) is 7.14. The summed E-state index contributed by atoms with van der Waals surface area (Å²) in [4.78, 5) is 0. The van der Waals surface area contributed by atoms with Crippen LogP contribution in [0.2, 0.25) is 0 Å². The molecule has 0 aromatic rings. The van der Waals surface area contributed by atoms with Crippen molar-refractivity contribution in [2.45, 2.75) is 109 Å². The first-order valence-corrected chi connectivity index (χ1v) is 15.1. The second kappa shape index (κ2) is 14.8. The summed E-state index contributed by atoms with van der Waals surface area (Å²) in [6, 6.07) is 0. The highest BCUT2D eigenvalue weighted by atomic mass is 32.2. The van der Waals surface area contributed by atoms with Crippen LogP contribution in [0.3, 0.4) is 0 Å². The van der Waals surface area contributed by atoms with Crippen LogP contribution in [0, 0.1) is 11.8 Å². The number of aliphatic hydroxyl groups is 3. The molecule has 0 saturated heterocycles. The molecule has 0 aliphatic heterocycles. The zero-order valence-corrected chi connectivity index (χ0v) is 21.7. The van der Waals surface area contributed by atoms with E-state index in [1.54, 1.807) is 34.6 Å². The molecule has 0 aromatic heterocycles. The van der Waals surface area contributed by atoms with Crippen molar-refractivity contribution < 1.29 is 32.2 Å². The second-order valence-electron chi connectivity index (χ2n) is 9.30. The average molecular weight is 487 g/mol. The molecule has 7 nitrogen and oxygen atoms in total. The highest BCUT2D eigenvalue weighted by molar-refractivity contribution is 7.92. The molecule has 0 heterocycles. The summed E-state index contributed by atoms with van der Waals surface area (Å²) in [5.41, 5.74) is 0. The Morgan fingerprint density at radius 3 is 1.10 bits per heavy atom. The Kier molecular flexibility index (Phi) is 14.7. The molecule has 31 heavy (non-hydrogen) atoms. The monoisotopic (exact) mass is 486 g/mol. The van der Waals surface area contributed by atoms with Crippen LogP contribution in [0.15, 0.2) is 0 Å². The molecular formula is C22H46O7S2. The van der Waals surface area contributed by atoms with Crippen LogP contribution < -0.4 is 0 Å². The van der Waals surface area contributed by atoms with Gasteiger partial charge in [-0.1, -0.05) is 25.7 Å². The molecule has 2 fully saturated rings. The largest absolute Gasteiger partial charge is 0.397 e. The first kappa shape index (κ1) is 30.8. The summed E-state index contributed by atoms with van der Waals surface area (Å²) in [5, 5.41) is 26.3. The first-order valence-electron chi connectivity index (χ1n) is 11.7. The van der Waals surface area contributed by atoms with E-state index in [0.29, 0.717) is 0 Å². The van der Waals surface area contributed by atoms with Crippen LogP contribution in [0.4, 0.5) is 0 Å². The number of hydrogen-bond acceptors (Lipinski definition) is 7. The molecule has 0 spiro atoms. The standard InChI is InChI=1S/2C10H20O3S.C2H6O/c2*1-8(2)14(12,13)7-10(11)9-5-3-4-6-9;1-2-3/h2*8-11H,3-7H2,1-2H3;3H,2H2,1H3/t2*10-;/m00./s1. The van der Waals surface area contributed by atoms with Crippen molar-refractivity contribution in [3.05, 3.63) is 0 Å². The molecule has 0 amide bonds. The van der Waals surface area contributed by atoms with Gasteiger partial charge in [-0.2, -0.15) is 0 Å². The third-order valence-electron chi connectivity index (χ3n) is 6.13. The van der Waals surface area contributed by atoms with Gasteiger partial charge in [-0.25, -0.2) is 16.8 Å². The number of rotatable bonds is 8. The SMILES string of the molecule is CC(C)S(=O)(=O)C[C@H](O)C1CCCC1.CC(C)S(=O)(=O)C[C@H](O)C1CCCC1.CCO. The van der Waals surface area contributed by atoms with Gasteiger partial charge in [0.05, 0.1) is 34.2 Å². The van der Waals surface area contributed by atoms with Crippen LogP contribution in [-0.2, 0) is 19.7 Å². The topological polar surface area (TPSA) is 129 Å². The Hall–Kier alpha value is -0.220. The lowest BCUT2D eigenvalue weighted by Crippen LogP contribution is -2.31. The van der Waals surface area contributed by atoms with E-state index >= 15 is 0 Å². The summed E-state index contributed by atoms with van der Waals surface area (Å²) in [7, 11) is -6.17. The molecule has 2 aliphatic rings. The van der Waals surface area contributed by atoms with Gasteiger partial charge in [0.25, 0.3) is 0 Å². The number of hydrogen-bond donors (Lipinski definition) is 3. The van der Waals surface area contributed by atoms with Crippen molar-refractivity contribution >= 4 is 19.7 Å². The van der Waals surface area contributed by atoms with Crippen LogP contribution >= 0.6 is 0 Å². The molecule has 9 heteroatoms. The Morgan fingerprint density at radius 1 is 0.677 bits per heavy atom. The van der Waals surface area contributed by atoms with Gasteiger partial charge in [-0.15, -0.1) is 0 Å². The molecule has 2 saturated carbocycles. The lowest BCUT2D eigenvalue weighted by molar-refractivity contribution is 0.131. The average Bonchev–Trinajstić information content (AvgIpc) is 3.36. The van der Waals surface area contributed by atoms with Crippen LogP contribution in [0.1, 0.15) is 86.0 Å². The fourth-order valence-electron chi connectivity index (χ4n) is 3.82. The van der Waals surface area contributed by atoms with Gasteiger partial charge in [-0.3, -0.25) is 0 Å². The minimum Gasteiger partial charge on any atom is -0.397 e. The Morgan fingerprint density at radius 2 is 0.903 bits per heavy atom. The van der Waals surface area contributed by atoms with Crippen molar-refractivity contribution in [1.82, 2.24) is 0 Å². The fraction of sp³-hybridized carbons (Fsp3) is 1.00. The van der Waals surface area contributed by atoms with E-state index < -0.39 is 31.9 Å². The molecule has 188 valence electrons. The van der Waals surface area contributed by atoms with Gasteiger partial charge in [0, 0.05) is 6.61 Å². The molecule has 2 aliphatic carbocycles. The Balaban J connectivity index is 0.000000516. The second-order valence-corrected chi connectivity index (χ2v) is 14.5. The minimum atomic E-state index is -3.08. The van der Waals surface area contributed by atoms with E-state index in [0.717, 1.165) is 51.4 Å². The van der Waals surface area contributed by atoms with Crippen LogP contribution in [-0.4, -0.2) is 73.0 Å². The molecule has 0 unspecified atom stereocenters. The zero-order valence-electron chi connectivity index (χ0n) is 20.0. The van der Waals surface area contributed by atoms with Gasteiger partial charge in [0.15, 0.2) is 19.7 Å². The highest BCUT2D eigenvalue weighted by Crippen LogP contribution is 2.29. The first-order chi connectivity index (χ1) is 14.3. The van der Waals surface area contributed by atoms with E-state index in [1.165, 1.54) is 0 Å². The molecule has 2 atom stereocenters. The number of sulfone groups is 2. The summed E-state index contributed by atoms with van der Waals surface area (Å²) in [6.45, 7) is 8.58. The van der Waals surface area contributed by atoms with Crippen LogP contribution in [0.25, 0.3) is 0 Å². The van der Waals surface area contributed by atoms with E-state index in [-0.39, 0.29) is 40.4 Å². The Bertz CT molecular complexity index is 602. The van der Waals surface area contributed by atoms with Crippen molar-refractivity contribution in [1.29, 1.82) is 0 Å². The summed E-state index contributed by atoms with van der Waals surface area (Å²) < 4.78 is 46.1. The fourth-order valence-corrected chi connectivity index (χ4v) is 6.08. The predicted molar refractivity (Wildman–Crippen MR) is 127 cm³/mol. The van der Waals surface area contributed by atoms with Gasteiger partial charge < -0.3 is 15.3 Å². The van der Waals surface area contributed by atoms with Gasteiger partial charge in [0.2, 0.25) is 0 Å². The quantitative estimate of drug-likeness (QED) is 0.481. The molecule has 2 rings (SSSR count). The van der Waals surface area contributed by atoms with E-state index in [4.69, 9.17) is 5.11 Å². The van der Waals surface area contributed by atoms with Crippen molar-refractivity contribution in [3.8, 4) is 0 Å². The van der Waals surface area contributed by atoms with Gasteiger partial charge >= 0.3 is 0 Å². The van der Waals surface area contributed by atoms with E-state index in [9.17, 15) is 27.0 Å². The van der Waals surface area contributed by atoms with Gasteiger partial charge in [0.1, 0.15) is 0 Å². The molecule has 0 bridgehead atoms. The smallest absolute Gasteiger partial charge is 0.155 e. The normalized spacial score (nSPS) is 20.2. The van der Waals surface area contributed by atoms with Crippen LogP contribution in [0.5, 0.6) is 0 Å². The van der Waals surface area contributed by atoms with E-state index in [2.05, 4.69) is 0 Å². The number of aliphatic hydroxyl groups excluding tert-OH is 3. The molecule has 0 radical (unpaired) electrons. The maximum Gasteiger partial charge on any atom is 0.155 e. The van der Waals surface area contributed by atoms with Gasteiger partial charge in [-0.05, 0) is 72.1 Å². The third kappa shape index (κ3) is 12.0. The third-order valence-corrected chi connectivity index (χ3v) is 10.6. The summed E-state index contributed by atoms with van der Waals surface area (Å²) >= 11 is 0. The van der Waals surface area contributed by atoms with Crippen molar-refractivity contribution in [3.63, 3.8) is 0 Å². The zero-order chi connectivity index (χ0) is 24.2. The minimum absolute atomic E-state index is 0.0602. The molecular weight excluding hydrogens is 440 g/mol. The van der Waals surface area contributed by atoms with E-state index in [1.807, 2.05) is 0 Å². The van der Waals surface area contributed by atoms with Crippen molar-refractivity contribution in [2.75, 3.05) is 18.1 Å². The maximum absolute atomic E-state index is 11.5. The lowest BCUT2D eigenvalue weighted by Gasteiger charge is -2.18. The predicted octanol–water partition coefficient (Wildman–Crippen LogP) is 2.72. The Labute approximate surface area is 190 Å². The molecule has 3 N–H and O–H groups in total. The molecule has 0 aromatic carbocycles. The highest BCUT2D eigenvalue weighted by Gasteiger charge is 2.30. The summed E-state index contributed by atoms with van der Waals surface area (Å²) in [5.74, 6) is 0.303. The van der Waals surface area contributed by atoms with Crippen molar-refractivity contribution in [2.24, 2.45) is 11.8 Å². The maximum atomic E-state index is 11.5. The lowest BCUT2D eigenvalue weighted by atomic mass is 10.0.